The molecule has 90 valence electrons. The van der Waals surface area contributed by atoms with Gasteiger partial charge in [-0.3, -0.25) is 0 Å². The maximum Gasteiger partial charge on any atom is 0.0726 e. The Morgan fingerprint density at radius 2 is 2.06 bits per heavy atom. The SMILES string of the molecule is CCOC(CC)C(N)Cc1cccc(C)c1. The van der Waals surface area contributed by atoms with E-state index in [2.05, 4.69) is 38.1 Å². The number of hydrogen-bond donors (Lipinski definition) is 1. The molecular formula is C14H23NO. The van der Waals surface area contributed by atoms with E-state index in [1.54, 1.807) is 0 Å². The predicted molar refractivity (Wildman–Crippen MR) is 68.6 cm³/mol. The summed E-state index contributed by atoms with van der Waals surface area (Å²) in [5.74, 6) is 0. The molecule has 0 saturated heterocycles. The van der Waals surface area contributed by atoms with Gasteiger partial charge in [0.25, 0.3) is 0 Å². The maximum absolute atomic E-state index is 6.17. The molecule has 0 bridgehead atoms. The van der Waals surface area contributed by atoms with Crippen molar-refractivity contribution in [2.45, 2.75) is 45.8 Å². The highest BCUT2D eigenvalue weighted by Crippen LogP contribution is 2.11. The van der Waals surface area contributed by atoms with Crippen molar-refractivity contribution in [3.63, 3.8) is 0 Å². The molecular weight excluding hydrogens is 198 g/mol. The normalized spacial score (nSPS) is 14.8. The molecule has 0 heterocycles. The quantitative estimate of drug-likeness (QED) is 0.801. The van der Waals surface area contributed by atoms with Gasteiger partial charge in [0, 0.05) is 12.6 Å². The third-order valence-corrected chi connectivity index (χ3v) is 2.81. The molecule has 1 aromatic rings. The number of ether oxygens (including phenoxy) is 1. The van der Waals surface area contributed by atoms with Crippen LogP contribution in [0.4, 0.5) is 0 Å². The minimum atomic E-state index is 0.0896. The highest BCUT2D eigenvalue weighted by Gasteiger charge is 2.16. The fourth-order valence-corrected chi connectivity index (χ4v) is 2.00. The summed E-state index contributed by atoms with van der Waals surface area (Å²) in [6, 6.07) is 8.60. The Balaban J connectivity index is 2.58. The monoisotopic (exact) mass is 221 g/mol. The van der Waals surface area contributed by atoms with E-state index in [-0.39, 0.29) is 12.1 Å². The Morgan fingerprint density at radius 3 is 2.62 bits per heavy atom. The van der Waals surface area contributed by atoms with Crippen molar-refractivity contribution < 1.29 is 4.74 Å². The van der Waals surface area contributed by atoms with Gasteiger partial charge >= 0.3 is 0 Å². The standard InChI is InChI=1S/C14H23NO/c1-4-14(16-5-2)13(15)10-12-8-6-7-11(3)9-12/h6-9,13-14H,4-5,10,15H2,1-3H3. The van der Waals surface area contributed by atoms with E-state index in [4.69, 9.17) is 10.5 Å². The van der Waals surface area contributed by atoms with Crippen LogP contribution >= 0.6 is 0 Å². The molecule has 0 fully saturated rings. The first-order valence-corrected chi connectivity index (χ1v) is 6.10. The topological polar surface area (TPSA) is 35.2 Å². The van der Waals surface area contributed by atoms with Crippen LogP contribution in [0.3, 0.4) is 0 Å². The molecule has 16 heavy (non-hydrogen) atoms. The van der Waals surface area contributed by atoms with Crippen LogP contribution in [0.1, 0.15) is 31.4 Å². The van der Waals surface area contributed by atoms with E-state index in [0.29, 0.717) is 0 Å². The molecule has 0 aliphatic carbocycles. The van der Waals surface area contributed by atoms with Crippen LogP contribution in [0.15, 0.2) is 24.3 Å². The fourth-order valence-electron chi connectivity index (χ4n) is 2.00. The Hall–Kier alpha value is -0.860. The fraction of sp³-hybridized carbons (Fsp3) is 0.571. The Labute approximate surface area is 98.8 Å². The molecule has 0 aliphatic heterocycles. The zero-order valence-electron chi connectivity index (χ0n) is 10.6. The molecule has 0 amide bonds. The lowest BCUT2D eigenvalue weighted by Gasteiger charge is -2.22. The van der Waals surface area contributed by atoms with Gasteiger partial charge in [0.1, 0.15) is 0 Å². The number of aryl methyl sites for hydroxylation is 1. The molecule has 2 nitrogen and oxygen atoms in total. The van der Waals surface area contributed by atoms with E-state index in [1.807, 2.05) is 6.92 Å². The van der Waals surface area contributed by atoms with Gasteiger partial charge in [0.15, 0.2) is 0 Å². The van der Waals surface area contributed by atoms with Crippen LogP contribution in [0.25, 0.3) is 0 Å². The second kappa shape index (κ2) is 6.66. The van der Waals surface area contributed by atoms with Gasteiger partial charge in [-0.05, 0) is 32.3 Å². The third-order valence-electron chi connectivity index (χ3n) is 2.81. The summed E-state index contributed by atoms with van der Waals surface area (Å²) in [7, 11) is 0. The smallest absolute Gasteiger partial charge is 0.0726 e. The second-order valence-corrected chi connectivity index (χ2v) is 4.26. The van der Waals surface area contributed by atoms with Gasteiger partial charge in [0.05, 0.1) is 6.10 Å². The van der Waals surface area contributed by atoms with Gasteiger partial charge in [0.2, 0.25) is 0 Å². The molecule has 0 radical (unpaired) electrons. The molecule has 2 unspecified atom stereocenters. The van der Waals surface area contributed by atoms with Crippen molar-refractivity contribution in [3.05, 3.63) is 35.4 Å². The lowest BCUT2D eigenvalue weighted by molar-refractivity contribution is 0.0417. The molecule has 1 aromatic carbocycles. The largest absolute Gasteiger partial charge is 0.377 e. The van der Waals surface area contributed by atoms with E-state index >= 15 is 0 Å². The third kappa shape index (κ3) is 3.95. The van der Waals surface area contributed by atoms with Crippen molar-refractivity contribution in [2.24, 2.45) is 5.73 Å². The summed E-state index contributed by atoms with van der Waals surface area (Å²) in [6.45, 7) is 6.98. The van der Waals surface area contributed by atoms with Crippen LogP contribution in [0.2, 0.25) is 0 Å². The van der Waals surface area contributed by atoms with Crippen LogP contribution in [0, 0.1) is 6.92 Å². The number of nitrogens with two attached hydrogens (primary N) is 1. The Bertz CT molecular complexity index is 311. The molecule has 0 saturated carbocycles. The van der Waals surface area contributed by atoms with Crippen LogP contribution in [-0.4, -0.2) is 18.8 Å². The second-order valence-electron chi connectivity index (χ2n) is 4.26. The van der Waals surface area contributed by atoms with Gasteiger partial charge < -0.3 is 10.5 Å². The molecule has 2 N–H and O–H groups in total. The first-order chi connectivity index (χ1) is 7.67. The first kappa shape index (κ1) is 13.2. The first-order valence-electron chi connectivity index (χ1n) is 6.10. The highest BCUT2D eigenvalue weighted by molar-refractivity contribution is 5.23. The van der Waals surface area contributed by atoms with Crippen molar-refractivity contribution in [3.8, 4) is 0 Å². The Morgan fingerprint density at radius 1 is 1.31 bits per heavy atom. The summed E-state index contributed by atoms with van der Waals surface area (Å²) in [5.41, 5.74) is 8.75. The molecule has 0 aromatic heterocycles. The number of hydrogen-bond acceptors (Lipinski definition) is 2. The van der Waals surface area contributed by atoms with Gasteiger partial charge in [-0.1, -0.05) is 36.8 Å². The van der Waals surface area contributed by atoms with Gasteiger partial charge in [-0.15, -0.1) is 0 Å². The molecule has 0 aliphatic rings. The van der Waals surface area contributed by atoms with Crippen molar-refractivity contribution in [2.75, 3.05) is 6.61 Å². The maximum atomic E-state index is 6.17. The minimum Gasteiger partial charge on any atom is -0.377 e. The van der Waals surface area contributed by atoms with Crippen LogP contribution in [-0.2, 0) is 11.2 Å². The predicted octanol–water partition coefficient (Wildman–Crippen LogP) is 2.68. The van der Waals surface area contributed by atoms with E-state index in [1.165, 1.54) is 11.1 Å². The summed E-state index contributed by atoms with van der Waals surface area (Å²) in [5, 5.41) is 0. The number of rotatable bonds is 6. The lowest BCUT2D eigenvalue weighted by Crippen LogP contribution is -2.38. The summed E-state index contributed by atoms with van der Waals surface area (Å²) in [4.78, 5) is 0. The van der Waals surface area contributed by atoms with Gasteiger partial charge in [-0.2, -0.15) is 0 Å². The molecule has 2 heteroatoms. The zero-order valence-corrected chi connectivity index (χ0v) is 10.6. The van der Waals surface area contributed by atoms with Crippen molar-refractivity contribution in [1.29, 1.82) is 0 Å². The van der Waals surface area contributed by atoms with Crippen molar-refractivity contribution in [1.82, 2.24) is 0 Å². The van der Waals surface area contributed by atoms with Gasteiger partial charge in [-0.25, -0.2) is 0 Å². The highest BCUT2D eigenvalue weighted by atomic mass is 16.5. The van der Waals surface area contributed by atoms with Crippen LogP contribution in [0.5, 0.6) is 0 Å². The lowest BCUT2D eigenvalue weighted by atomic mass is 9.99. The molecule has 2 atom stereocenters. The summed E-state index contributed by atoms with van der Waals surface area (Å²) < 4.78 is 5.63. The van der Waals surface area contributed by atoms with E-state index in [9.17, 15) is 0 Å². The van der Waals surface area contributed by atoms with Crippen molar-refractivity contribution >= 4 is 0 Å². The molecule has 0 spiro atoms. The Kier molecular flexibility index (Phi) is 5.50. The number of benzene rings is 1. The minimum absolute atomic E-state index is 0.0896. The average molecular weight is 221 g/mol. The summed E-state index contributed by atoms with van der Waals surface area (Å²) in [6.07, 6.45) is 2.03. The van der Waals surface area contributed by atoms with E-state index < -0.39 is 0 Å². The summed E-state index contributed by atoms with van der Waals surface area (Å²) >= 11 is 0. The van der Waals surface area contributed by atoms with Crippen LogP contribution < -0.4 is 5.73 Å². The zero-order chi connectivity index (χ0) is 12.0. The molecule has 1 rings (SSSR count). The average Bonchev–Trinajstić information content (AvgIpc) is 2.25. The van der Waals surface area contributed by atoms with E-state index in [0.717, 1.165) is 19.4 Å².